The van der Waals surface area contributed by atoms with Crippen LogP contribution in [0.5, 0.6) is 0 Å². The van der Waals surface area contributed by atoms with Crippen molar-refractivity contribution in [3.8, 4) is 0 Å². The van der Waals surface area contributed by atoms with Gasteiger partial charge in [-0.1, -0.05) is 28.7 Å². The summed E-state index contributed by atoms with van der Waals surface area (Å²) in [7, 11) is 0. The summed E-state index contributed by atoms with van der Waals surface area (Å²) in [6.07, 6.45) is 1.49. The molecule has 0 N–H and O–H groups in total. The van der Waals surface area contributed by atoms with Crippen LogP contribution >= 0.6 is 22.7 Å². The van der Waals surface area contributed by atoms with E-state index in [-0.39, 0.29) is 26.7 Å². The van der Waals surface area contributed by atoms with Gasteiger partial charge in [0, 0.05) is 18.7 Å². The molecule has 0 aliphatic carbocycles. The molecule has 128 valence electrons. The van der Waals surface area contributed by atoms with E-state index in [1.165, 1.54) is 22.8 Å². The zero-order valence-corrected chi connectivity index (χ0v) is 14.1. The molecule has 25 heavy (non-hydrogen) atoms. The van der Waals surface area contributed by atoms with Crippen LogP contribution in [0.15, 0.2) is 41.9 Å². The van der Waals surface area contributed by atoms with Crippen molar-refractivity contribution in [1.82, 2.24) is 4.57 Å². The molecule has 0 fully saturated rings. The van der Waals surface area contributed by atoms with Crippen molar-refractivity contribution in [1.29, 1.82) is 0 Å². The summed E-state index contributed by atoms with van der Waals surface area (Å²) < 4.78 is 29.2. The molecule has 0 aliphatic heterocycles. The molecule has 10 heteroatoms. The van der Waals surface area contributed by atoms with Crippen LogP contribution < -0.4 is 4.80 Å². The Morgan fingerprint density at radius 2 is 2.12 bits per heavy atom. The number of allylic oxidation sites excluding steroid dienone is 1. The topological polar surface area (TPSA) is 77.5 Å². The highest BCUT2D eigenvalue weighted by molar-refractivity contribution is 7.17. The van der Waals surface area contributed by atoms with Crippen molar-refractivity contribution < 1.29 is 18.5 Å². The molecule has 0 bridgehead atoms. The van der Waals surface area contributed by atoms with Gasteiger partial charge in [0.05, 0.1) is 15.1 Å². The highest BCUT2D eigenvalue weighted by Gasteiger charge is 2.17. The van der Waals surface area contributed by atoms with Gasteiger partial charge >= 0.3 is 5.00 Å². The molecule has 0 unspecified atom stereocenters. The second kappa shape index (κ2) is 6.65. The highest BCUT2D eigenvalue weighted by atomic mass is 32.1. The molecule has 3 rings (SSSR count). The number of hydrogen-bond donors (Lipinski definition) is 0. The minimum Gasteiger partial charge on any atom is -0.310 e. The maximum Gasteiger partial charge on any atom is 0.324 e. The van der Waals surface area contributed by atoms with Gasteiger partial charge in [-0.2, -0.15) is 4.99 Å². The number of amides is 1. The number of carbonyl (C=O) groups excluding carboxylic acids is 1. The third-order valence-corrected chi connectivity index (χ3v) is 5.24. The number of thiophene rings is 1. The standard InChI is InChI=1S/C15H9F2N3O3S2/c1-2-5-19-13-9(17)6-8(16)7-11(13)25-15(19)18-14(21)10-3-4-12(24-10)20(22)23/h2-4,6-7H,1,5H2. The van der Waals surface area contributed by atoms with Crippen molar-refractivity contribution >= 4 is 43.8 Å². The van der Waals surface area contributed by atoms with E-state index in [0.29, 0.717) is 16.0 Å². The van der Waals surface area contributed by atoms with Crippen LogP contribution in [0.4, 0.5) is 13.8 Å². The highest BCUT2D eigenvalue weighted by Crippen LogP contribution is 2.25. The Hall–Kier alpha value is -2.72. The first kappa shape index (κ1) is 17.1. The Morgan fingerprint density at radius 1 is 1.36 bits per heavy atom. The number of hydrogen-bond acceptors (Lipinski definition) is 5. The van der Waals surface area contributed by atoms with Crippen LogP contribution in [0.1, 0.15) is 9.67 Å². The second-order valence-corrected chi connectivity index (χ2v) is 6.90. The monoisotopic (exact) mass is 381 g/mol. The molecule has 1 amide bonds. The molecule has 0 saturated heterocycles. The molecule has 0 aliphatic rings. The summed E-state index contributed by atoms with van der Waals surface area (Å²) >= 11 is 1.65. The summed E-state index contributed by atoms with van der Waals surface area (Å²) in [6.45, 7) is 3.74. The third kappa shape index (κ3) is 3.26. The number of fused-ring (bicyclic) bond motifs is 1. The lowest BCUT2D eigenvalue weighted by molar-refractivity contribution is -0.380. The summed E-state index contributed by atoms with van der Waals surface area (Å²) in [5.74, 6) is -2.19. The maximum absolute atomic E-state index is 14.1. The molecule has 2 aromatic heterocycles. The first-order valence-corrected chi connectivity index (χ1v) is 8.46. The second-order valence-electron chi connectivity index (χ2n) is 4.83. The maximum atomic E-state index is 14.1. The Morgan fingerprint density at radius 3 is 2.76 bits per heavy atom. The first-order chi connectivity index (χ1) is 11.9. The predicted octanol–water partition coefficient (Wildman–Crippen LogP) is 3.88. The molecule has 0 spiro atoms. The molecular weight excluding hydrogens is 372 g/mol. The van der Waals surface area contributed by atoms with Crippen molar-refractivity contribution in [3.63, 3.8) is 0 Å². The lowest BCUT2D eigenvalue weighted by atomic mass is 10.3. The molecule has 3 aromatic rings. The van der Waals surface area contributed by atoms with Gasteiger partial charge in [0.15, 0.2) is 10.6 Å². The number of carbonyl (C=O) groups is 1. The van der Waals surface area contributed by atoms with E-state index in [0.717, 1.165) is 23.5 Å². The van der Waals surface area contributed by atoms with Gasteiger partial charge in [-0.25, -0.2) is 8.78 Å². The van der Waals surface area contributed by atoms with Crippen LogP contribution in [0, 0.1) is 21.7 Å². The summed E-state index contributed by atoms with van der Waals surface area (Å²) in [5.41, 5.74) is 0.120. The van der Waals surface area contributed by atoms with Crippen molar-refractivity contribution in [3.05, 3.63) is 68.3 Å². The zero-order chi connectivity index (χ0) is 18.1. The Balaban J connectivity index is 2.15. The van der Waals surface area contributed by atoms with E-state index < -0.39 is 22.5 Å². The van der Waals surface area contributed by atoms with Crippen LogP contribution in [0.2, 0.25) is 0 Å². The normalized spacial score (nSPS) is 11.8. The fourth-order valence-electron chi connectivity index (χ4n) is 2.20. The molecule has 0 atom stereocenters. The van der Waals surface area contributed by atoms with E-state index in [1.807, 2.05) is 0 Å². The van der Waals surface area contributed by atoms with Gasteiger partial charge in [-0.3, -0.25) is 14.9 Å². The van der Waals surface area contributed by atoms with Crippen molar-refractivity contribution in [2.45, 2.75) is 6.54 Å². The SMILES string of the molecule is C=CCn1c(=NC(=O)c2ccc([N+](=O)[O-])s2)sc2cc(F)cc(F)c21. The van der Waals surface area contributed by atoms with Crippen LogP contribution in [-0.4, -0.2) is 15.4 Å². The van der Waals surface area contributed by atoms with E-state index in [1.54, 1.807) is 0 Å². The third-order valence-electron chi connectivity index (χ3n) is 3.19. The quantitative estimate of drug-likeness (QED) is 0.391. The number of nitro groups is 1. The fraction of sp³-hybridized carbons (Fsp3) is 0.0667. The smallest absolute Gasteiger partial charge is 0.310 e. The van der Waals surface area contributed by atoms with Crippen LogP contribution in [0.3, 0.4) is 0 Å². The van der Waals surface area contributed by atoms with Crippen LogP contribution in [0.25, 0.3) is 10.2 Å². The predicted molar refractivity (Wildman–Crippen MR) is 90.8 cm³/mol. The number of rotatable bonds is 4. The Labute approximate surface area is 147 Å². The lowest BCUT2D eigenvalue weighted by Crippen LogP contribution is -2.16. The molecule has 0 radical (unpaired) electrons. The van der Waals surface area contributed by atoms with Crippen molar-refractivity contribution in [2.75, 3.05) is 0 Å². The summed E-state index contributed by atoms with van der Waals surface area (Å²) in [6, 6.07) is 4.43. The molecule has 0 saturated carbocycles. The average molecular weight is 381 g/mol. The average Bonchev–Trinajstić information content (AvgIpc) is 3.13. The van der Waals surface area contributed by atoms with E-state index in [9.17, 15) is 23.7 Å². The Kier molecular flexibility index (Phi) is 4.55. The number of benzene rings is 1. The summed E-state index contributed by atoms with van der Waals surface area (Å²) in [5, 5.41) is 10.5. The zero-order valence-electron chi connectivity index (χ0n) is 12.4. The number of halogens is 2. The fourth-order valence-corrected chi connectivity index (χ4v) is 3.98. The minimum atomic E-state index is -0.770. The van der Waals surface area contributed by atoms with E-state index in [4.69, 9.17) is 0 Å². The van der Waals surface area contributed by atoms with Gasteiger partial charge in [0.1, 0.15) is 10.7 Å². The minimum absolute atomic E-state index is 0.0842. The van der Waals surface area contributed by atoms with Gasteiger partial charge in [0.2, 0.25) is 0 Å². The van der Waals surface area contributed by atoms with Gasteiger partial charge in [-0.15, -0.1) is 6.58 Å². The van der Waals surface area contributed by atoms with Gasteiger partial charge in [-0.05, 0) is 12.1 Å². The van der Waals surface area contributed by atoms with E-state index >= 15 is 0 Å². The number of thiazole rings is 1. The molecular formula is C15H9F2N3O3S2. The summed E-state index contributed by atoms with van der Waals surface area (Å²) in [4.78, 5) is 26.5. The van der Waals surface area contributed by atoms with Crippen molar-refractivity contribution in [2.24, 2.45) is 4.99 Å². The van der Waals surface area contributed by atoms with Gasteiger partial charge in [0.25, 0.3) is 5.91 Å². The first-order valence-electron chi connectivity index (χ1n) is 6.83. The Bertz CT molecular complexity index is 1080. The van der Waals surface area contributed by atoms with E-state index in [2.05, 4.69) is 11.6 Å². The largest absolute Gasteiger partial charge is 0.324 e. The molecule has 6 nitrogen and oxygen atoms in total. The molecule has 1 aromatic carbocycles. The number of nitrogens with zero attached hydrogens (tertiary/aromatic N) is 3. The number of aromatic nitrogens is 1. The lowest BCUT2D eigenvalue weighted by Gasteiger charge is -2.01. The van der Waals surface area contributed by atoms with Crippen LogP contribution in [-0.2, 0) is 6.54 Å². The van der Waals surface area contributed by atoms with Gasteiger partial charge < -0.3 is 4.57 Å². The molecule has 2 heterocycles.